The summed E-state index contributed by atoms with van der Waals surface area (Å²) in [5.41, 5.74) is 3.63. The molecule has 0 aliphatic carbocycles. The van der Waals surface area contributed by atoms with Crippen molar-refractivity contribution >= 4 is 6.21 Å². The maximum atomic E-state index is 4.57. The summed E-state index contributed by atoms with van der Waals surface area (Å²) in [4.78, 5) is 4.57. The van der Waals surface area contributed by atoms with Crippen molar-refractivity contribution in [3.8, 4) is 0 Å². The van der Waals surface area contributed by atoms with Crippen LogP contribution in [-0.2, 0) is 0 Å². The van der Waals surface area contributed by atoms with E-state index in [9.17, 15) is 0 Å². The number of nitrogens with one attached hydrogen (secondary N) is 1. The van der Waals surface area contributed by atoms with Crippen LogP contribution in [0.1, 0.15) is 44.0 Å². The average molecular weight is 292 g/mol. The van der Waals surface area contributed by atoms with Gasteiger partial charge in [-0.1, -0.05) is 60.7 Å². The Morgan fingerprint density at radius 3 is 2.05 bits per heavy atom. The number of hydrogen-bond acceptors (Lipinski definition) is 2. The van der Waals surface area contributed by atoms with E-state index in [-0.39, 0.29) is 12.1 Å². The minimum absolute atomic E-state index is 0.178. The van der Waals surface area contributed by atoms with Gasteiger partial charge in [-0.05, 0) is 38.0 Å². The van der Waals surface area contributed by atoms with Crippen LogP contribution >= 0.6 is 0 Å². The van der Waals surface area contributed by atoms with Gasteiger partial charge in [0.25, 0.3) is 0 Å². The molecule has 2 aromatic carbocycles. The highest BCUT2D eigenvalue weighted by Crippen LogP contribution is 2.15. The lowest BCUT2D eigenvalue weighted by molar-refractivity contribution is 0.654. The molecule has 0 radical (unpaired) electrons. The van der Waals surface area contributed by atoms with E-state index in [4.69, 9.17) is 0 Å². The summed E-state index contributed by atoms with van der Waals surface area (Å²) in [6, 6.07) is 21.2. The van der Waals surface area contributed by atoms with Crippen molar-refractivity contribution in [2.45, 2.75) is 32.9 Å². The highest BCUT2D eigenvalue weighted by molar-refractivity contribution is 5.72. The van der Waals surface area contributed by atoms with Crippen LogP contribution < -0.4 is 5.32 Å². The van der Waals surface area contributed by atoms with Crippen LogP contribution in [0.5, 0.6) is 0 Å². The number of nitrogens with zero attached hydrogens (tertiary/aromatic N) is 1. The molecule has 0 heterocycles. The number of rotatable bonds is 6. The molecule has 0 saturated heterocycles. The van der Waals surface area contributed by atoms with Crippen LogP contribution in [0, 0.1) is 0 Å². The molecule has 2 unspecified atom stereocenters. The first-order valence-electron chi connectivity index (χ1n) is 7.73. The Labute approximate surface area is 133 Å². The summed E-state index contributed by atoms with van der Waals surface area (Å²) in [6.07, 6.45) is 3.91. The molecule has 0 spiro atoms. The van der Waals surface area contributed by atoms with Crippen molar-refractivity contribution in [1.29, 1.82) is 0 Å². The van der Waals surface area contributed by atoms with Gasteiger partial charge in [-0.2, -0.15) is 0 Å². The molecule has 22 heavy (non-hydrogen) atoms. The zero-order valence-corrected chi connectivity index (χ0v) is 13.5. The van der Waals surface area contributed by atoms with E-state index in [1.54, 1.807) is 0 Å². The molecule has 0 aromatic heterocycles. The van der Waals surface area contributed by atoms with Gasteiger partial charge in [0.15, 0.2) is 0 Å². The van der Waals surface area contributed by atoms with E-state index >= 15 is 0 Å². The standard InChI is InChI=1S/C20H24N2/c1-16(22-18(3)20-12-8-5-9-13-20)14-15-21-17(2)19-10-6-4-7-11-19/h4-15,17-18,22H,1-3H3/b16-14+,21-15?. The second-order valence-corrected chi connectivity index (χ2v) is 5.51. The fourth-order valence-corrected chi connectivity index (χ4v) is 2.32. The minimum atomic E-state index is 0.178. The van der Waals surface area contributed by atoms with Crippen LogP contribution in [0.4, 0.5) is 0 Å². The van der Waals surface area contributed by atoms with Crippen LogP contribution in [0.2, 0.25) is 0 Å². The molecular formula is C20H24N2. The van der Waals surface area contributed by atoms with E-state index in [0.29, 0.717) is 0 Å². The predicted molar refractivity (Wildman–Crippen MR) is 95.1 cm³/mol. The minimum Gasteiger partial charge on any atom is -0.382 e. The smallest absolute Gasteiger partial charge is 0.0720 e. The van der Waals surface area contributed by atoms with Crippen molar-refractivity contribution in [2.75, 3.05) is 0 Å². The molecule has 1 N–H and O–H groups in total. The van der Waals surface area contributed by atoms with Gasteiger partial charge in [0.1, 0.15) is 0 Å². The summed E-state index contributed by atoms with van der Waals surface area (Å²) in [5, 5.41) is 3.48. The summed E-state index contributed by atoms with van der Waals surface area (Å²) >= 11 is 0. The lowest BCUT2D eigenvalue weighted by Crippen LogP contribution is -2.16. The third-order valence-electron chi connectivity index (χ3n) is 3.66. The number of aliphatic imine (C=N–C) groups is 1. The fraction of sp³-hybridized carbons (Fsp3) is 0.250. The quantitative estimate of drug-likeness (QED) is 0.738. The van der Waals surface area contributed by atoms with Crippen LogP contribution in [0.3, 0.4) is 0 Å². The van der Waals surface area contributed by atoms with Gasteiger partial charge in [0, 0.05) is 18.0 Å². The van der Waals surface area contributed by atoms with Crippen molar-refractivity contribution < 1.29 is 0 Å². The van der Waals surface area contributed by atoms with Gasteiger partial charge >= 0.3 is 0 Å². The molecule has 0 aliphatic rings. The van der Waals surface area contributed by atoms with E-state index < -0.39 is 0 Å². The van der Waals surface area contributed by atoms with Crippen molar-refractivity contribution in [1.82, 2.24) is 5.32 Å². The Kier molecular flexibility index (Phi) is 5.96. The third-order valence-corrected chi connectivity index (χ3v) is 3.66. The van der Waals surface area contributed by atoms with Gasteiger partial charge in [-0.15, -0.1) is 0 Å². The summed E-state index contributed by atoms with van der Waals surface area (Å²) in [5.74, 6) is 0. The van der Waals surface area contributed by atoms with Crippen molar-refractivity contribution in [3.05, 3.63) is 83.6 Å². The molecule has 2 rings (SSSR count). The van der Waals surface area contributed by atoms with Crippen LogP contribution in [0.15, 0.2) is 77.4 Å². The van der Waals surface area contributed by atoms with E-state index in [1.807, 2.05) is 36.6 Å². The number of hydrogen-bond donors (Lipinski definition) is 1. The first-order chi connectivity index (χ1) is 10.7. The Morgan fingerprint density at radius 1 is 0.909 bits per heavy atom. The van der Waals surface area contributed by atoms with Crippen molar-refractivity contribution in [3.63, 3.8) is 0 Å². The molecule has 0 saturated carbocycles. The average Bonchev–Trinajstić information content (AvgIpc) is 2.56. The Hall–Kier alpha value is -2.35. The Balaban J connectivity index is 1.91. The van der Waals surface area contributed by atoms with E-state index in [2.05, 4.69) is 67.5 Å². The molecule has 2 atom stereocenters. The van der Waals surface area contributed by atoms with Crippen molar-refractivity contribution in [2.24, 2.45) is 4.99 Å². The Morgan fingerprint density at radius 2 is 1.45 bits per heavy atom. The molecule has 2 heteroatoms. The first kappa shape index (κ1) is 16.0. The maximum Gasteiger partial charge on any atom is 0.0720 e. The van der Waals surface area contributed by atoms with Crippen LogP contribution in [-0.4, -0.2) is 6.21 Å². The molecular weight excluding hydrogens is 268 g/mol. The molecule has 114 valence electrons. The normalized spacial score (nSPS) is 14.8. The van der Waals surface area contributed by atoms with Crippen LogP contribution in [0.25, 0.3) is 0 Å². The second kappa shape index (κ2) is 8.18. The summed E-state index contributed by atoms with van der Waals surface area (Å²) in [7, 11) is 0. The van der Waals surface area contributed by atoms with E-state index in [0.717, 1.165) is 5.70 Å². The highest BCUT2D eigenvalue weighted by Gasteiger charge is 2.03. The van der Waals surface area contributed by atoms with Gasteiger partial charge in [0.2, 0.25) is 0 Å². The lowest BCUT2D eigenvalue weighted by Gasteiger charge is -2.15. The molecule has 0 aliphatic heterocycles. The first-order valence-corrected chi connectivity index (χ1v) is 7.73. The van der Waals surface area contributed by atoms with Gasteiger partial charge < -0.3 is 5.32 Å². The maximum absolute atomic E-state index is 4.57. The third kappa shape index (κ3) is 4.88. The molecule has 0 bridgehead atoms. The highest BCUT2D eigenvalue weighted by atomic mass is 14.9. The predicted octanol–water partition coefficient (Wildman–Crippen LogP) is 5.07. The monoisotopic (exact) mass is 292 g/mol. The largest absolute Gasteiger partial charge is 0.382 e. The molecule has 2 aromatic rings. The second-order valence-electron chi connectivity index (χ2n) is 5.51. The SMILES string of the molecule is C/C(=C\C=NC(C)c1ccccc1)NC(C)c1ccccc1. The molecule has 2 nitrogen and oxygen atoms in total. The molecule has 0 amide bonds. The summed E-state index contributed by atoms with van der Waals surface area (Å²) < 4.78 is 0. The van der Waals surface area contributed by atoms with Gasteiger partial charge in [0.05, 0.1) is 6.04 Å². The number of allylic oxidation sites excluding steroid dienone is 2. The number of benzene rings is 2. The zero-order chi connectivity index (χ0) is 15.8. The summed E-state index contributed by atoms with van der Waals surface area (Å²) in [6.45, 7) is 6.34. The van der Waals surface area contributed by atoms with Gasteiger partial charge in [-0.25, -0.2) is 0 Å². The Bertz CT molecular complexity index is 615. The molecule has 0 fully saturated rings. The van der Waals surface area contributed by atoms with E-state index in [1.165, 1.54) is 11.1 Å². The topological polar surface area (TPSA) is 24.4 Å². The zero-order valence-electron chi connectivity index (χ0n) is 13.5. The lowest BCUT2D eigenvalue weighted by atomic mass is 10.1. The van der Waals surface area contributed by atoms with Gasteiger partial charge in [-0.3, -0.25) is 4.99 Å². The fourth-order valence-electron chi connectivity index (χ4n) is 2.32.